The Labute approximate surface area is 299 Å². The van der Waals surface area contributed by atoms with E-state index in [1.165, 1.54) is 12.4 Å². The molecule has 1 aromatic heterocycles. The Kier molecular flexibility index (Phi) is 11.5. The van der Waals surface area contributed by atoms with E-state index in [2.05, 4.69) is 55.7 Å². The van der Waals surface area contributed by atoms with Gasteiger partial charge in [-0.2, -0.15) is 0 Å². The lowest BCUT2D eigenvalue weighted by Gasteiger charge is -2.44. The van der Waals surface area contributed by atoms with E-state index in [1.54, 1.807) is 13.2 Å². The molecule has 3 aromatic rings. The molecule has 3 aliphatic heterocycles. The van der Waals surface area contributed by atoms with Gasteiger partial charge < -0.3 is 20.3 Å². The summed E-state index contributed by atoms with van der Waals surface area (Å²) >= 11 is 12.8. The normalized spacial score (nSPS) is 19.3. The van der Waals surface area contributed by atoms with E-state index in [0.717, 1.165) is 69.8 Å². The first-order valence-electron chi connectivity index (χ1n) is 17.1. The largest absolute Gasteiger partial charge is 0.494 e. The van der Waals surface area contributed by atoms with Gasteiger partial charge in [-0.3, -0.25) is 19.4 Å². The fourth-order valence-corrected chi connectivity index (χ4v) is 7.45. The number of ether oxygens (including phenoxy) is 1. The average Bonchev–Trinajstić information content (AvgIpc) is 3.59. The van der Waals surface area contributed by atoms with E-state index in [1.807, 2.05) is 35.4 Å². The van der Waals surface area contributed by atoms with Gasteiger partial charge >= 0.3 is 0 Å². The molecule has 1 atom stereocenters. The molecule has 0 unspecified atom stereocenters. The highest BCUT2D eigenvalue weighted by Gasteiger charge is 2.31. The zero-order valence-corrected chi connectivity index (χ0v) is 30.0. The second-order valence-electron chi connectivity index (χ2n) is 13.1. The number of piperidine rings is 1. The third-order valence-electron chi connectivity index (χ3n) is 9.80. The first-order valence-corrected chi connectivity index (χ1v) is 17.8. The van der Waals surface area contributed by atoms with E-state index in [0.29, 0.717) is 63.9 Å². The molecule has 49 heavy (non-hydrogen) atoms. The molecule has 3 saturated heterocycles. The van der Waals surface area contributed by atoms with Gasteiger partial charge in [0.2, 0.25) is 5.91 Å². The lowest BCUT2D eigenvalue weighted by Crippen LogP contribution is -2.54. The lowest BCUT2D eigenvalue weighted by atomic mass is 10.0. The molecule has 1 amide bonds. The molecule has 11 nitrogen and oxygen atoms in total. The third-order valence-corrected chi connectivity index (χ3v) is 10.7. The number of hydrogen-bond donors (Lipinski definition) is 2. The van der Waals surface area contributed by atoms with E-state index >= 15 is 0 Å². The second-order valence-corrected chi connectivity index (χ2v) is 13.8. The van der Waals surface area contributed by atoms with Crippen LogP contribution in [0, 0.1) is 0 Å². The fraction of sp³-hybridized carbons (Fsp3) is 0.472. The molecule has 0 saturated carbocycles. The summed E-state index contributed by atoms with van der Waals surface area (Å²) in [5.41, 5.74) is 3.19. The van der Waals surface area contributed by atoms with E-state index < -0.39 is 0 Å². The van der Waals surface area contributed by atoms with E-state index in [-0.39, 0.29) is 11.9 Å². The highest BCUT2D eigenvalue weighted by Crippen LogP contribution is 2.40. The van der Waals surface area contributed by atoms with Crippen LogP contribution in [0.4, 0.5) is 28.7 Å². The van der Waals surface area contributed by atoms with Gasteiger partial charge in [0, 0.05) is 63.5 Å². The van der Waals surface area contributed by atoms with Crippen molar-refractivity contribution in [1.82, 2.24) is 19.8 Å². The predicted octanol–water partition coefficient (Wildman–Crippen LogP) is 6.41. The monoisotopic (exact) mass is 708 g/mol. The van der Waals surface area contributed by atoms with Gasteiger partial charge in [0.05, 0.1) is 46.9 Å². The summed E-state index contributed by atoms with van der Waals surface area (Å²) in [6.45, 7) is 15.0. The van der Waals surface area contributed by atoms with Crippen LogP contribution in [0.1, 0.15) is 38.7 Å². The van der Waals surface area contributed by atoms with Gasteiger partial charge in [0.1, 0.15) is 17.9 Å². The molecule has 262 valence electrons. The Morgan fingerprint density at radius 1 is 1.06 bits per heavy atom. The van der Waals surface area contributed by atoms with Gasteiger partial charge in [0.25, 0.3) is 0 Å². The van der Waals surface area contributed by atoms with Gasteiger partial charge in [-0.1, -0.05) is 41.9 Å². The van der Waals surface area contributed by atoms with Crippen molar-refractivity contribution in [3.63, 3.8) is 0 Å². The first-order chi connectivity index (χ1) is 23.7. The zero-order chi connectivity index (χ0) is 34.5. The van der Waals surface area contributed by atoms with Gasteiger partial charge in [-0.05, 0) is 63.3 Å². The van der Waals surface area contributed by atoms with Crippen LogP contribution in [0.2, 0.25) is 10.0 Å². The number of hydrogen-bond acceptors (Lipinski definition) is 10. The van der Waals surface area contributed by atoms with Crippen LogP contribution in [0.25, 0.3) is 0 Å². The number of anilines is 5. The van der Waals surface area contributed by atoms with Crippen LogP contribution in [-0.2, 0) is 16.1 Å². The molecule has 2 aromatic carbocycles. The molecule has 13 heteroatoms. The van der Waals surface area contributed by atoms with E-state index in [4.69, 9.17) is 32.8 Å². The third kappa shape index (κ3) is 8.24. The number of benzene rings is 2. The summed E-state index contributed by atoms with van der Waals surface area (Å²) in [4.78, 5) is 35.2. The maximum absolute atomic E-state index is 12.6. The Hall–Kier alpha value is -3.61. The van der Waals surface area contributed by atoms with E-state index in [9.17, 15) is 4.79 Å². The van der Waals surface area contributed by atoms with Crippen molar-refractivity contribution < 1.29 is 14.4 Å². The van der Waals surface area contributed by atoms with Crippen molar-refractivity contribution >= 4 is 57.8 Å². The maximum Gasteiger partial charge on any atom is 0.247 e. The van der Waals surface area contributed by atoms with Crippen LogP contribution in [0.3, 0.4) is 0 Å². The van der Waals surface area contributed by atoms with Crippen molar-refractivity contribution in [2.24, 2.45) is 0 Å². The van der Waals surface area contributed by atoms with Crippen LogP contribution in [-0.4, -0.2) is 96.8 Å². The summed E-state index contributed by atoms with van der Waals surface area (Å²) in [6, 6.07) is 12.5. The Morgan fingerprint density at radius 3 is 2.55 bits per heavy atom. The minimum Gasteiger partial charge on any atom is -0.494 e. The molecule has 4 heterocycles. The van der Waals surface area contributed by atoms with Crippen LogP contribution in [0.15, 0.2) is 55.4 Å². The van der Waals surface area contributed by atoms with Crippen LogP contribution < -0.4 is 25.3 Å². The molecule has 0 spiro atoms. The maximum atomic E-state index is 12.6. The smallest absolute Gasteiger partial charge is 0.247 e. The number of carbonyl (C=O) groups excluding carboxylic acids is 1. The van der Waals surface area contributed by atoms with Crippen molar-refractivity contribution in [1.29, 1.82) is 0 Å². The Morgan fingerprint density at radius 2 is 1.84 bits per heavy atom. The van der Waals surface area contributed by atoms with Gasteiger partial charge in [-0.25, -0.2) is 15.0 Å². The number of methoxy groups -OCH3 is 1. The first kappa shape index (κ1) is 35.2. The number of rotatable bonds is 11. The number of carbonyl (C=O) groups is 1. The molecule has 6 rings (SSSR count). The van der Waals surface area contributed by atoms with Crippen LogP contribution in [0.5, 0.6) is 5.75 Å². The molecular weight excluding hydrogens is 663 g/mol. The van der Waals surface area contributed by atoms with Crippen molar-refractivity contribution in [2.45, 2.75) is 57.7 Å². The lowest BCUT2D eigenvalue weighted by molar-refractivity contribution is -0.111. The van der Waals surface area contributed by atoms with Crippen molar-refractivity contribution in [3.8, 4) is 5.75 Å². The highest BCUT2D eigenvalue weighted by molar-refractivity contribution is 6.42. The summed E-state index contributed by atoms with van der Waals surface area (Å²) in [7, 11) is 1.64. The standard InChI is InChI=1S/C36H46Cl2N8O3/c1-5-35(47)42-29-20-30(32(48-4)21-31(29)45-12-9-26(10-13-45)44-16-14-43(15-17-44)24(2)3)41-33-22-34(40-23-39-33)46-27(11-18-49-46)19-25-7-6-8-28(37)36(25)38/h5-8,20-24,26-27H,1,9-19H2,2-4H3,(H,42,47)(H,39,40,41)/t27-/m1/s1. The SMILES string of the molecule is C=CC(=O)Nc1cc(Nc2cc(N3OCC[C@@H]3Cc3cccc(Cl)c3Cl)ncn2)c(OC)cc1N1CCC(N2CCN(C(C)C)CC2)CC1. The number of aromatic nitrogens is 2. The molecule has 2 N–H and O–H groups in total. The number of nitrogens with zero attached hydrogens (tertiary/aromatic N) is 6. The fourth-order valence-electron chi connectivity index (χ4n) is 7.05. The van der Waals surface area contributed by atoms with Crippen LogP contribution >= 0.6 is 23.2 Å². The average molecular weight is 710 g/mol. The molecule has 0 radical (unpaired) electrons. The predicted molar refractivity (Wildman–Crippen MR) is 198 cm³/mol. The van der Waals surface area contributed by atoms with Gasteiger partial charge in [0.15, 0.2) is 5.82 Å². The Balaban J connectivity index is 1.18. The summed E-state index contributed by atoms with van der Waals surface area (Å²) in [5.74, 6) is 1.51. The summed E-state index contributed by atoms with van der Waals surface area (Å²) < 4.78 is 5.88. The summed E-state index contributed by atoms with van der Waals surface area (Å²) in [6.07, 6.45) is 6.36. The topological polar surface area (TPSA) is 98.3 Å². The number of nitrogens with one attached hydrogen (secondary N) is 2. The van der Waals surface area contributed by atoms with Crippen molar-refractivity contribution in [3.05, 3.63) is 71.0 Å². The number of piperazine rings is 1. The Bertz CT molecular complexity index is 1630. The highest BCUT2D eigenvalue weighted by atomic mass is 35.5. The number of amides is 1. The molecular formula is C36H46Cl2N8O3. The summed E-state index contributed by atoms with van der Waals surface area (Å²) in [5, 5.41) is 9.31. The zero-order valence-electron chi connectivity index (χ0n) is 28.5. The minimum absolute atomic E-state index is 0.0158. The molecule has 0 bridgehead atoms. The minimum atomic E-state index is -0.281. The van der Waals surface area contributed by atoms with Crippen molar-refractivity contribution in [2.75, 3.05) is 73.6 Å². The molecule has 3 aliphatic rings. The second kappa shape index (κ2) is 15.9. The molecule has 3 fully saturated rings. The molecule has 0 aliphatic carbocycles. The number of halogens is 2. The quantitative estimate of drug-likeness (QED) is 0.218. The number of hydroxylamine groups is 1. The van der Waals surface area contributed by atoms with Gasteiger partial charge in [-0.15, -0.1) is 0 Å².